The highest BCUT2D eigenvalue weighted by molar-refractivity contribution is 6.32. The normalized spacial score (nSPS) is 9.68. The van der Waals surface area contributed by atoms with Gasteiger partial charge in [0.1, 0.15) is 5.56 Å². The van der Waals surface area contributed by atoms with Crippen LogP contribution in [-0.4, -0.2) is 22.4 Å². The van der Waals surface area contributed by atoms with Crippen molar-refractivity contribution < 1.29 is 9.72 Å². The van der Waals surface area contributed by atoms with Crippen LogP contribution >= 0.6 is 11.6 Å². The molecule has 1 aromatic rings. The van der Waals surface area contributed by atoms with Crippen LogP contribution in [0.15, 0.2) is 12.3 Å². The van der Waals surface area contributed by atoms with E-state index in [1.807, 2.05) is 6.07 Å². The molecule has 0 aliphatic carbocycles. The maximum absolute atomic E-state index is 11.8. The highest BCUT2D eigenvalue weighted by Gasteiger charge is 2.24. The second kappa shape index (κ2) is 7.28. The molecule has 0 bridgehead atoms. The second-order valence-electron chi connectivity index (χ2n) is 3.63. The largest absolute Gasteiger partial charge is 0.352 e. The minimum atomic E-state index is -0.736. The lowest BCUT2D eigenvalue weighted by Gasteiger charge is -2.05. The number of pyridine rings is 1. The summed E-state index contributed by atoms with van der Waals surface area (Å²) in [5.41, 5.74) is -0.621. The lowest BCUT2D eigenvalue weighted by Crippen LogP contribution is -2.25. The third-order valence-corrected chi connectivity index (χ3v) is 2.58. The molecule has 0 spiro atoms. The molecule has 1 N–H and O–H groups in total. The fourth-order valence-electron chi connectivity index (χ4n) is 1.41. The Balaban J connectivity index is 2.70. The molecule has 0 radical (unpaired) electrons. The Labute approximate surface area is 114 Å². The Kier molecular flexibility index (Phi) is 5.70. The zero-order chi connectivity index (χ0) is 14.3. The summed E-state index contributed by atoms with van der Waals surface area (Å²) in [6, 6.07) is 3.24. The quantitative estimate of drug-likeness (QED) is 0.372. The first-order valence-corrected chi connectivity index (χ1v) is 5.89. The topological polar surface area (TPSA) is 109 Å². The first-order valence-electron chi connectivity index (χ1n) is 5.52. The lowest BCUT2D eigenvalue weighted by molar-refractivity contribution is -0.385. The number of hydrogen-bond donors (Lipinski definition) is 1. The average Bonchev–Trinajstić information content (AvgIpc) is 2.37. The number of carbonyl (C=O) groups is 1. The SMILES string of the molecule is N#CCCCCNC(=O)c1ccnc(Cl)c1[N+](=O)[O-]. The molecule has 0 aromatic carbocycles. The Morgan fingerprint density at radius 1 is 1.58 bits per heavy atom. The van der Waals surface area contributed by atoms with Gasteiger partial charge in [0.2, 0.25) is 5.15 Å². The molecule has 1 rings (SSSR count). The van der Waals surface area contributed by atoms with Crippen molar-refractivity contribution in [1.29, 1.82) is 5.26 Å². The summed E-state index contributed by atoms with van der Waals surface area (Å²) in [5, 5.41) is 21.4. The van der Waals surface area contributed by atoms with Gasteiger partial charge in [-0.3, -0.25) is 14.9 Å². The zero-order valence-electron chi connectivity index (χ0n) is 9.93. The summed E-state index contributed by atoms with van der Waals surface area (Å²) in [6.07, 6.45) is 2.94. The molecule has 1 heterocycles. The van der Waals surface area contributed by atoms with Gasteiger partial charge < -0.3 is 5.32 Å². The number of nitriles is 1. The number of amides is 1. The molecule has 0 unspecified atom stereocenters. The fraction of sp³-hybridized carbons (Fsp3) is 0.364. The van der Waals surface area contributed by atoms with Crippen molar-refractivity contribution in [2.24, 2.45) is 0 Å². The molecule has 0 saturated carbocycles. The Hall–Kier alpha value is -2.20. The number of rotatable bonds is 6. The number of aromatic nitrogens is 1. The molecule has 19 heavy (non-hydrogen) atoms. The fourth-order valence-corrected chi connectivity index (χ4v) is 1.64. The van der Waals surface area contributed by atoms with Crippen molar-refractivity contribution in [3.8, 4) is 6.07 Å². The first kappa shape index (κ1) is 14.9. The first-order chi connectivity index (χ1) is 9.07. The highest BCUT2D eigenvalue weighted by Crippen LogP contribution is 2.25. The van der Waals surface area contributed by atoms with E-state index in [0.717, 1.165) is 0 Å². The van der Waals surface area contributed by atoms with Crippen LogP contribution in [0.1, 0.15) is 29.6 Å². The molecule has 1 amide bonds. The van der Waals surface area contributed by atoms with Crippen LogP contribution in [0.3, 0.4) is 0 Å². The summed E-state index contributed by atoms with van der Waals surface area (Å²) >= 11 is 5.60. The summed E-state index contributed by atoms with van der Waals surface area (Å²) < 4.78 is 0. The van der Waals surface area contributed by atoms with Crippen LogP contribution < -0.4 is 5.32 Å². The summed E-state index contributed by atoms with van der Waals surface area (Å²) in [6.45, 7) is 0.345. The number of halogens is 1. The maximum Gasteiger partial charge on any atom is 0.319 e. The maximum atomic E-state index is 11.8. The van der Waals surface area contributed by atoms with Crippen LogP contribution in [0.25, 0.3) is 0 Å². The Morgan fingerprint density at radius 3 is 2.95 bits per heavy atom. The molecule has 0 fully saturated rings. The van der Waals surface area contributed by atoms with Gasteiger partial charge in [0.25, 0.3) is 5.91 Å². The number of nitrogens with zero attached hydrogens (tertiary/aromatic N) is 3. The van der Waals surface area contributed by atoms with Crippen LogP contribution in [-0.2, 0) is 0 Å². The predicted octanol–water partition coefficient (Wildman–Crippen LogP) is 2.07. The van der Waals surface area contributed by atoms with E-state index in [4.69, 9.17) is 16.9 Å². The van der Waals surface area contributed by atoms with E-state index in [1.165, 1.54) is 12.3 Å². The van der Waals surface area contributed by atoms with E-state index >= 15 is 0 Å². The third-order valence-electron chi connectivity index (χ3n) is 2.31. The Bertz CT molecular complexity index is 527. The summed E-state index contributed by atoms with van der Waals surface area (Å²) in [7, 11) is 0. The standard InChI is InChI=1S/C11H11ClN4O3/c12-10-9(16(18)19)8(4-7-14-10)11(17)15-6-3-1-2-5-13/h4,7H,1-3,6H2,(H,15,17). The smallest absolute Gasteiger partial charge is 0.319 e. The minimum Gasteiger partial charge on any atom is -0.352 e. The van der Waals surface area contributed by atoms with Gasteiger partial charge in [-0.2, -0.15) is 5.26 Å². The third kappa shape index (κ3) is 4.19. The van der Waals surface area contributed by atoms with Crippen molar-refractivity contribution in [3.63, 3.8) is 0 Å². The van der Waals surface area contributed by atoms with Gasteiger partial charge in [0.05, 0.1) is 11.0 Å². The van der Waals surface area contributed by atoms with E-state index in [1.54, 1.807) is 0 Å². The number of nitrogens with one attached hydrogen (secondary N) is 1. The van der Waals surface area contributed by atoms with Crippen LogP contribution in [0.4, 0.5) is 5.69 Å². The molecule has 7 nitrogen and oxygen atoms in total. The van der Waals surface area contributed by atoms with Gasteiger partial charge in [-0.1, -0.05) is 11.6 Å². The van der Waals surface area contributed by atoms with Gasteiger partial charge in [0, 0.05) is 19.2 Å². The molecule has 0 aliphatic heterocycles. The van der Waals surface area contributed by atoms with Crippen molar-refractivity contribution in [2.45, 2.75) is 19.3 Å². The summed E-state index contributed by atoms with van der Waals surface area (Å²) in [5.74, 6) is -0.576. The van der Waals surface area contributed by atoms with Gasteiger partial charge >= 0.3 is 5.69 Å². The molecular formula is C11H11ClN4O3. The monoisotopic (exact) mass is 282 g/mol. The van der Waals surface area contributed by atoms with Gasteiger partial charge in [-0.05, 0) is 18.9 Å². The molecule has 0 saturated heterocycles. The van der Waals surface area contributed by atoms with E-state index in [9.17, 15) is 14.9 Å². The predicted molar refractivity (Wildman–Crippen MR) is 67.7 cm³/mol. The van der Waals surface area contributed by atoms with E-state index in [-0.39, 0.29) is 10.7 Å². The molecule has 0 atom stereocenters. The summed E-state index contributed by atoms with van der Waals surface area (Å²) in [4.78, 5) is 25.5. The molecule has 1 aromatic heterocycles. The van der Waals surface area contributed by atoms with Crippen LogP contribution in [0.5, 0.6) is 0 Å². The zero-order valence-corrected chi connectivity index (χ0v) is 10.7. The van der Waals surface area contributed by atoms with Gasteiger partial charge in [-0.25, -0.2) is 4.98 Å². The van der Waals surface area contributed by atoms with Crippen LogP contribution in [0, 0.1) is 21.4 Å². The molecular weight excluding hydrogens is 272 g/mol. The van der Waals surface area contributed by atoms with Crippen LogP contribution in [0.2, 0.25) is 5.15 Å². The van der Waals surface area contributed by atoms with Crippen molar-refractivity contribution in [2.75, 3.05) is 6.54 Å². The highest BCUT2D eigenvalue weighted by atomic mass is 35.5. The average molecular weight is 283 g/mol. The van der Waals surface area contributed by atoms with Crippen molar-refractivity contribution in [1.82, 2.24) is 10.3 Å². The van der Waals surface area contributed by atoms with Gasteiger partial charge in [-0.15, -0.1) is 0 Å². The second-order valence-corrected chi connectivity index (χ2v) is 3.98. The Morgan fingerprint density at radius 2 is 2.32 bits per heavy atom. The minimum absolute atomic E-state index is 0.120. The molecule has 0 aliphatic rings. The van der Waals surface area contributed by atoms with Crippen molar-refractivity contribution >= 4 is 23.2 Å². The van der Waals surface area contributed by atoms with E-state index < -0.39 is 16.5 Å². The number of unbranched alkanes of at least 4 members (excludes halogenated alkanes) is 2. The molecule has 8 heteroatoms. The number of hydrogen-bond acceptors (Lipinski definition) is 5. The number of nitro groups is 1. The van der Waals surface area contributed by atoms with E-state index in [2.05, 4.69) is 10.3 Å². The van der Waals surface area contributed by atoms with E-state index in [0.29, 0.717) is 25.8 Å². The molecule has 100 valence electrons. The van der Waals surface area contributed by atoms with Gasteiger partial charge in [0.15, 0.2) is 0 Å². The van der Waals surface area contributed by atoms with Crippen molar-refractivity contribution in [3.05, 3.63) is 33.1 Å². The lowest BCUT2D eigenvalue weighted by atomic mass is 10.2. The number of carbonyl (C=O) groups excluding carboxylic acids is 1.